The van der Waals surface area contributed by atoms with Gasteiger partial charge in [0.1, 0.15) is 11.9 Å². The maximum Gasteiger partial charge on any atom is 0.256 e. The number of alkyl halides is 2. The summed E-state index contributed by atoms with van der Waals surface area (Å²) in [6.45, 7) is 0. The van der Waals surface area contributed by atoms with Crippen molar-refractivity contribution in [1.82, 2.24) is 0 Å². The Morgan fingerprint density at radius 3 is 2.42 bits per heavy atom. The van der Waals surface area contributed by atoms with Crippen LogP contribution in [0.15, 0.2) is 54.6 Å². The summed E-state index contributed by atoms with van der Waals surface area (Å²) in [4.78, 5) is 0. The third-order valence-corrected chi connectivity index (χ3v) is 3.35. The number of para-hydroxylation sites is 1. The van der Waals surface area contributed by atoms with E-state index >= 15 is 0 Å². The summed E-state index contributed by atoms with van der Waals surface area (Å²) in [5, 5.41) is 0. The maximum absolute atomic E-state index is 14.0. The van der Waals surface area contributed by atoms with Crippen LogP contribution < -0.4 is 4.74 Å². The van der Waals surface area contributed by atoms with Gasteiger partial charge in [0.05, 0.1) is 6.42 Å². The van der Waals surface area contributed by atoms with Gasteiger partial charge in [-0.1, -0.05) is 48.5 Å². The second-order valence-corrected chi connectivity index (χ2v) is 4.86. The van der Waals surface area contributed by atoms with Gasteiger partial charge in [0.15, 0.2) is 0 Å². The summed E-state index contributed by atoms with van der Waals surface area (Å²) < 4.78 is 33.8. The predicted molar refractivity (Wildman–Crippen MR) is 69.5 cm³/mol. The second kappa shape index (κ2) is 4.65. The van der Waals surface area contributed by atoms with Crippen LogP contribution in [0.4, 0.5) is 8.78 Å². The fourth-order valence-electron chi connectivity index (χ4n) is 2.44. The molecule has 1 heterocycles. The van der Waals surface area contributed by atoms with Crippen LogP contribution in [0, 0.1) is 0 Å². The Labute approximate surface area is 110 Å². The lowest BCUT2D eigenvalue weighted by molar-refractivity contribution is -0.0301. The number of rotatable bonds is 1. The van der Waals surface area contributed by atoms with Gasteiger partial charge >= 0.3 is 0 Å². The first-order valence-electron chi connectivity index (χ1n) is 6.31. The highest BCUT2D eigenvalue weighted by Gasteiger charge is 2.38. The average Bonchev–Trinajstić information content (AvgIpc) is 2.54. The van der Waals surface area contributed by atoms with Crippen molar-refractivity contribution >= 4 is 0 Å². The first kappa shape index (κ1) is 12.2. The summed E-state index contributed by atoms with van der Waals surface area (Å²) in [5.41, 5.74) is 1.37. The molecule has 0 radical (unpaired) electrons. The summed E-state index contributed by atoms with van der Waals surface area (Å²) in [6, 6.07) is 16.2. The largest absolute Gasteiger partial charge is 0.485 e. The second-order valence-electron chi connectivity index (χ2n) is 4.86. The molecule has 3 rings (SSSR count). The monoisotopic (exact) mass is 260 g/mol. The number of fused-ring (bicyclic) bond motifs is 1. The molecule has 3 heteroatoms. The molecule has 1 atom stereocenters. The summed E-state index contributed by atoms with van der Waals surface area (Å²) in [7, 11) is 0. The normalized spacial score (nSPS) is 21.1. The minimum atomic E-state index is -2.74. The Morgan fingerprint density at radius 2 is 1.63 bits per heavy atom. The standard InChI is InChI=1S/C16H14F2O/c17-16(18)10-13-8-4-5-9-14(13)19-15(11-16)12-6-2-1-3-7-12/h1-9,15H,10-11H2. The quantitative estimate of drug-likeness (QED) is 0.739. The van der Waals surface area contributed by atoms with Gasteiger partial charge < -0.3 is 4.74 Å². The zero-order valence-corrected chi connectivity index (χ0v) is 10.4. The van der Waals surface area contributed by atoms with Crippen LogP contribution in [0.2, 0.25) is 0 Å². The fourth-order valence-corrected chi connectivity index (χ4v) is 2.44. The number of hydrogen-bond donors (Lipinski definition) is 0. The van der Waals surface area contributed by atoms with Crippen LogP contribution in [0.3, 0.4) is 0 Å². The maximum atomic E-state index is 14.0. The van der Waals surface area contributed by atoms with E-state index in [9.17, 15) is 8.78 Å². The molecule has 0 aromatic heterocycles. The molecule has 19 heavy (non-hydrogen) atoms. The summed E-state index contributed by atoms with van der Waals surface area (Å²) >= 11 is 0. The summed E-state index contributed by atoms with van der Waals surface area (Å²) in [5.74, 6) is -2.18. The molecule has 1 aliphatic heterocycles. The zero-order chi connectivity index (χ0) is 13.3. The van der Waals surface area contributed by atoms with Crippen molar-refractivity contribution in [2.24, 2.45) is 0 Å². The average molecular weight is 260 g/mol. The molecule has 0 saturated carbocycles. The van der Waals surface area contributed by atoms with Crippen LogP contribution in [0.1, 0.15) is 23.7 Å². The molecule has 0 saturated heterocycles. The number of ether oxygens (including phenoxy) is 1. The van der Waals surface area contributed by atoms with E-state index in [4.69, 9.17) is 4.74 Å². The van der Waals surface area contributed by atoms with Crippen LogP contribution in [-0.4, -0.2) is 5.92 Å². The van der Waals surface area contributed by atoms with Crippen molar-refractivity contribution in [2.75, 3.05) is 0 Å². The van der Waals surface area contributed by atoms with E-state index in [1.54, 1.807) is 18.2 Å². The molecule has 1 unspecified atom stereocenters. The smallest absolute Gasteiger partial charge is 0.256 e. The van der Waals surface area contributed by atoms with Crippen molar-refractivity contribution < 1.29 is 13.5 Å². The summed E-state index contributed by atoms with van der Waals surface area (Å²) in [6.07, 6.45) is -1.14. The molecule has 0 amide bonds. The van der Waals surface area contributed by atoms with Gasteiger partial charge in [0, 0.05) is 12.0 Å². The third kappa shape index (κ3) is 2.60. The third-order valence-electron chi connectivity index (χ3n) is 3.35. The van der Waals surface area contributed by atoms with Crippen LogP contribution in [0.25, 0.3) is 0 Å². The molecule has 0 fully saturated rings. The molecule has 1 aliphatic rings. The van der Waals surface area contributed by atoms with E-state index in [0.717, 1.165) is 5.56 Å². The minimum Gasteiger partial charge on any atom is -0.485 e. The highest BCUT2D eigenvalue weighted by Crippen LogP contribution is 2.40. The van der Waals surface area contributed by atoms with Crippen molar-refractivity contribution in [3.63, 3.8) is 0 Å². The Morgan fingerprint density at radius 1 is 0.947 bits per heavy atom. The van der Waals surface area contributed by atoms with Gasteiger partial charge in [0.2, 0.25) is 0 Å². The molecule has 2 aromatic carbocycles. The van der Waals surface area contributed by atoms with Crippen molar-refractivity contribution in [3.8, 4) is 5.75 Å². The predicted octanol–water partition coefficient (Wildman–Crippen LogP) is 4.39. The van der Waals surface area contributed by atoms with Gasteiger partial charge in [-0.2, -0.15) is 0 Å². The first-order chi connectivity index (χ1) is 9.14. The number of benzene rings is 2. The molecule has 0 aliphatic carbocycles. The number of halogens is 2. The van der Waals surface area contributed by atoms with E-state index in [-0.39, 0.29) is 12.8 Å². The molecule has 0 N–H and O–H groups in total. The fraction of sp³-hybridized carbons (Fsp3) is 0.250. The van der Waals surface area contributed by atoms with E-state index in [2.05, 4.69) is 0 Å². The highest BCUT2D eigenvalue weighted by atomic mass is 19.3. The molecule has 1 nitrogen and oxygen atoms in total. The Kier molecular flexibility index (Phi) is 2.97. The molecule has 0 spiro atoms. The lowest BCUT2D eigenvalue weighted by Gasteiger charge is -2.20. The first-order valence-corrected chi connectivity index (χ1v) is 6.31. The van der Waals surface area contributed by atoms with E-state index in [0.29, 0.717) is 11.3 Å². The van der Waals surface area contributed by atoms with Crippen molar-refractivity contribution in [1.29, 1.82) is 0 Å². The van der Waals surface area contributed by atoms with E-state index < -0.39 is 12.0 Å². The zero-order valence-electron chi connectivity index (χ0n) is 10.4. The topological polar surface area (TPSA) is 9.23 Å². The highest BCUT2D eigenvalue weighted by molar-refractivity contribution is 5.36. The molecule has 0 bridgehead atoms. The minimum absolute atomic E-state index is 0.257. The van der Waals surface area contributed by atoms with Gasteiger partial charge in [-0.3, -0.25) is 0 Å². The van der Waals surface area contributed by atoms with Crippen LogP contribution >= 0.6 is 0 Å². The molecular weight excluding hydrogens is 246 g/mol. The lowest BCUT2D eigenvalue weighted by atomic mass is 10.00. The molecule has 2 aromatic rings. The van der Waals surface area contributed by atoms with Crippen molar-refractivity contribution in [3.05, 3.63) is 65.7 Å². The van der Waals surface area contributed by atoms with Gasteiger partial charge in [-0.25, -0.2) is 8.78 Å². The van der Waals surface area contributed by atoms with E-state index in [1.807, 2.05) is 36.4 Å². The molecular formula is C16H14F2O. The Balaban J connectivity index is 2.00. The Hall–Kier alpha value is -1.90. The SMILES string of the molecule is FC1(F)Cc2ccccc2OC(c2ccccc2)C1. The molecule has 98 valence electrons. The van der Waals surface area contributed by atoms with Gasteiger partial charge in [-0.15, -0.1) is 0 Å². The van der Waals surface area contributed by atoms with Gasteiger partial charge in [0.25, 0.3) is 5.92 Å². The Bertz CT molecular complexity index is 566. The van der Waals surface area contributed by atoms with Crippen LogP contribution in [0.5, 0.6) is 5.75 Å². The van der Waals surface area contributed by atoms with E-state index in [1.165, 1.54) is 0 Å². The lowest BCUT2D eigenvalue weighted by Crippen LogP contribution is -2.22. The van der Waals surface area contributed by atoms with Crippen LogP contribution in [-0.2, 0) is 6.42 Å². The van der Waals surface area contributed by atoms with Crippen molar-refractivity contribution in [2.45, 2.75) is 24.9 Å². The van der Waals surface area contributed by atoms with Gasteiger partial charge in [-0.05, 0) is 11.6 Å². The number of hydrogen-bond acceptors (Lipinski definition) is 1.